The van der Waals surface area contributed by atoms with Crippen LogP contribution in [0.2, 0.25) is 5.02 Å². The van der Waals surface area contributed by atoms with Crippen molar-refractivity contribution < 1.29 is 9.53 Å². The van der Waals surface area contributed by atoms with Crippen LogP contribution in [0.25, 0.3) is 10.8 Å². The van der Waals surface area contributed by atoms with Gasteiger partial charge < -0.3 is 4.74 Å². The number of fused-ring (bicyclic) bond motifs is 4. The van der Waals surface area contributed by atoms with Crippen LogP contribution in [-0.4, -0.2) is 14.9 Å². The van der Waals surface area contributed by atoms with E-state index in [9.17, 15) is 14.4 Å². The van der Waals surface area contributed by atoms with Crippen LogP contribution >= 0.6 is 11.6 Å². The number of ketones is 1. The summed E-state index contributed by atoms with van der Waals surface area (Å²) in [5.74, 6) is -0.670. The van der Waals surface area contributed by atoms with Crippen LogP contribution in [0.1, 0.15) is 27.4 Å². The fourth-order valence-corrected chi connectivity index (χ4v) is 4.30. The Labute approximate surface area is 181 Å². The zero-order valence-corrected chi connectivity index (χ0v) is 17.5. The number of hydrogen-bond acceptors (Lipinski definition) is 4. The van der Waals surface area contributed by atoms with Gasteiger partial charge in [0.15, 0.2) is 5.78 Å². The standard InChI is InChI=1S/C24H17ClN2O4/c1-26-22(29)20-19(21(28)14-7-10-15(25)11-8-14)18-16-6-4-3-5-13(16)9-12-17(18)31-23(20)27(2)24(26)30/h3-12,19H,1-2H3. The Morgan fingerprint density at radius 2 is 1.61 bits per heavy atom. The van der Waals surface area contributed by atoms with Crippen LogP contribution in [0.4, 0.5) is 0 Å². The molecule has 0 N–H and O–H groups in total. The smallest absolute Gasteiger partial charge is 0.333 e. The molecule has 154 valence electrons. The van der Waals surface area contributed by atoms with Crippen molar-refractivity contribution in [1.29, 1.82) is 0 Å². The van der Waals surface area contributed by atoms with Gasteiger partial charge in [-0.15, -0.1) is 0 Å². The van der Waals surface area contributed by atoms with E-state index in [0.717, 1.165) is 15.3 Å². The first-order chi connectivity index (χ1) is 14.9. The lowest BCUT2D eigenvalue weighted by Gasteiger charge is -2.29. The number of hydrogen-bond donors (Lipinski definition) is 0. The molecule has 0 spiro atoms. The number of carbonyl (C=O) groups is 1. The molecule has 2 heterocycles. The topological polar surface area (TPSA) is 70.3 Å². The highest BCUT2D eigenvalue weighted by Crippen LogP contribution is 2.46. The third-order valence-corrected chi connectivity index (χ3v) is 6.00. The van der Waals surface area contributed by atoms with Crippen molar-refractivity contribution in [3.8, 4) is 11.6 Å². The van der Waals surface area contributed by atoms with Crippen molar-refractivity contribution in [3.63, 3.8) is 0 Å². The molecule has 5 rings (SSSR count). The normalized spacial score (nSPS) is 14.6. The van der Waals surface area contributed by atoms with E-state index >= 15 is 0 Å². The van der Waals surface area contributed by atoms with Gasteiger partial charge in [0.1, 0.15) is 5.75 Å². The highest BCUT2D eigenvalue weighted by Gasteiger charge is 2.39. The Hall–Kier alpha value is -3.64. The lowest BCUT2D eigenvalue weighted by Crippen LogP contribution is -2.42. The maximum Gasteiger partial charge on any atom is 0.333 e. The number of halogens is 1. The molecule has 1 aromatic heterocycles. The third-order valence-electron chi connectivity index (χ3n) is 5.75. The summed E-state index contributed by atoms with van der Waals surface area (Å²) in [6.45, 7) is 0. The van der Waals surface area contributed by atoms with E-state index in [4.69, 9.17) is 16.3 Å². The van der Waals surface area contributed by atoms with E-state index in [0.29, 0.717) is 21.9 Å². The molecule has 1 aliphatic rings. The van der Waals surface area contributed by atoms with Crippen molar-refractivity contribution in [2.24, 2.45) is 14.1 Å². The second-order valence-corrected chi connectivity index (χ2v) is 7.97. The second-order valence-electron chi connectivity index (χ2n) is 7.53. The lowest BCUT2D eigenvalue weighted by atomic mass is 9.81. The fraction of sp³-hybridized carbons (Fsp3) is 0.125. The van der Waals surface area contributed by atoms with Gasteiger partial charge in [-0.2, -0.15) is 0 Å². The third kappa shape index (κ3) is 2.83. The van der Waals surface area contributed by atoms with Gasteiger partial charge in [0, 0.05) is 30.2 Å². The van der Waals surface area contributed by atoms with Gasteiger partial charge in [0.2, 0.25) is 5.88 Å². The van der Waals surface area contributed by atoms with E-state index in [1.807, 2.05) is 30.3 Å². The van der Waals surface area contributed by atoms with Crippen LogP contribution in [0.3, 0.4) is 0 Å². The molecule has 7 heteroatoms. The molecule has 6 nitrogen and oxygen atoms in total. The number of Topliss-reactive ketones (excluding diaryl/α,β-unsaturated/α-hetero) is 1. The summed E-state index contributed by atoms with van der Waals surface area (Å²) in [6, 6.07) is 17.8. The lowest BCUT2D eigenvalue weighted by molar-refractivity contribution is 0.0968. The number of benzene rings is 3. The van der Waals surface area contributed by atoms with Crippen molar-refractivity contribution >= 4 is 28.2 Å². The Balaban J connectivity index is 1.89. The molecular formula is C24H17ClN2O4. The SMILES string of the molecule is Cn1c2c(c(=O)n(C)c1=O)C(C(=O)c1ccc(Cl)cc1)c1c(ccc3ccccc13)O2. The quantitative estimate of drug-likeness (QED) is 0.449. The molecule has 0 fully saturated rings. The first-order valence-corrected chi connectivity index (χ1v) is 10.1. The van der Waals surface area contributed by atoms with Gasteiger partial charge in [0.05, 0.1) is 11.5 Å². The van der Waals surface area contributed by atoms with Crippen LogP contribution < -0.4 is 16.0 Å². The van der Waals surface area contributed by atoms with Crippen molar-refractivity contribution in [2.75, 3.05) is 0 Å². The van der Waals surface area contributed by atoms with Gasteiger partial charge in [-0.1, -0.05) is 41.9 Å². The minimum Gasteiger partial charge on any atom is -0.440 e. The molecule has 31 heavy (non-hydrogen) atoms. The second kappa shape index (κ2) is 6.96. The molecule has 1 unspecified atom stereocenters. The Morgan fingerprint density at radius 3 is 2.35 bits per heavy atom. The monoisotopic (exact) mass is 432 g/mol. The number of rotatable bonds is 2. The summed E-state index contributed by atoms with van der Waals surface area (Å²) in [5.41, 5.74) is 0.0985. The summed E-state index contributed by atoms with van der Waals surface area (Å²) in [6.07, 6.45) is 0. The average molecular weight is 433 g/mol. The average Bonchev–Trinajstić information content (AvgIpc) is 2.80. The molecule has 1 atom stereocenters. The highest BCUT2D eigenvalue weighted by molar-refractivity contribution is 6.30. The number of carbonyl (C=O) groups excluding carboxylic acids is 1. The molecule has 0 aliphatic carbocycles. The van der Waals surface area contributed by atoms with Crippen LogP contribution in [0, 0.1) is 0 Å². The summed E-state index contributed by atoms with van der Waals surface area (Å²) >= 11 is 6.00. The molecule has 0 radical (unpaired) electrons. The molecule has 3 aromatic carbocycles. The van der Waals surface area contributed by atoms with Crippen LogP contribution in [-0.2, 0) is 14.1 Å². The molecule has 0 saturated carbocycles. The number of aromatic nitrogens is 2. The molecule has 4 aromatic rings. The summed E-state index contributed by atoms with van der Waals surface area (Å²) in [4.78, 5) is 39.6. The Morgan fingerprint density at radius 1 is 0.903 bits per heavy atom. The molecule has 0 amide bonds. The number of nitrogens with zero attached hydrogens (tertiary/aromatic N) is 2. The van der Waals surface area contributed by atoms with E-state index in [2.05, 4.69) is 0 Å². The van der Waals surface area contributed by atoms with Gasteiger partial charge in [-0.3, -0.25) is 18.7 Å². The molecular weight excluding hydrogens is 416 g/mol. The maximum absolute atomic E-state index is 13.8. The van der Waals surface area contributed by atoms with E-state index in [1.165, 1.54) is 18.7 Å². The van der Waals surface area contributed by atoms with Gasteiger partial charge in [0.25, 0.3) is 5.56 Å². The van der Waals surface area contributed by atoms with Gasteiger partial charge in [-0.05, 0) is 41.1 Å². The largest absolute Gasteiger partial charge is 0.440 e. The minimum atomic E-state index is -0.934. The maximum atomic E-state index is 13.8. The zero-order chi connectivity index (χ0) is 21.9. The first-order valence-electron chi connectivity index (χ1n) is 9.67. The molecule has 1 aliphatic heterocycles. The van der Waals surface area contributed by atoms with Gasteiger partial charge in [-0.25, -0.2) is 4.79 Å². The van der Waals surface area contributed by atoms with Crippen LogP contribution in [0.15, 0.2) is 70.3 Å². The number of ether oxygens (including phenoxy) is 1. The van der Waals surface area contributed by atoms with Gasteiger partial charge >= 0.3 is 5.69 Å². The predicted octanol–water partition coefficient (Wildman–Crippen LogP) is 4.01. The van der Waals surface area contributed by atoms with E-state index in [1.54, 1.807) is 30.3 Å². The van der Waals surface area contributed by atoms with Crippen LogP contribution in [0.5, 0.6) is 11.6 Å². The summed E-state index contributed by atoms with van der Waals surface area (Å²) in [5, 5.41) is 2.24. The molecule has 0 bridgehead atoms. The Kier molecular flexibility index (Phi) is 4.34. The van der Waals surface area contributed by atoms with Crippen molar-refractivity contribution in [1.82, 2.24) is 9.13 Å². The summed E-state index contributed by atoms with van der Waals surface area (Å²) < 4.78 is 8.31. The van der Waals surface area contributed by atoms with Crippen molar-refractivity contribution in [2.45, 2.75) is 5.92 Å². The minimum absolute atomic E-state index is 0.0863. The molecule has 0 saturated heterocycles. The summed E-state index contributed by atoms with van der Waals surface area (Å²) in [7, 11) is 2.92. The van der Waals surface area contributed by atoms with Crippen molar-refractivity contribution in [3.05, 3.63) is 103 Å². The van der Waals surface area contributed by atoms with E-state index in [-0.39, 0.29) is 17.2 Å². The Bertz CT molecular complexity index is 1500. The highest BCUT2D eigenvalue weighted by atomic mass is 35.5. The zero-order valence-electron chi connectivity index (χ0n) is 16.8. The first kappa shape index (κ1) is 19.3. The predicted molar refractivity (Wildman–Crippen MR) is 119 cm³/mol. The van der Waals surface area contributed by atoms with E-state index < -0.39 is 17.2 Å². The fourth-order valence-electron chi connectivity index (χ4n) is 4.18.